The van der Waals surface area contributed by atoms with Crippen molar-refractivity contribution in [3.63, 3.8) is 0 Å². The molecular weight excluding hydrogens is 386 g/mol. The monoisotopic (exact) mass is 409 g/mol. The molecule has 0 spiro atoms. The Morgan fingerprint density at radius 1 is 1.00 bits per heavy atom. The zero-order valence-corrected chi connectivity index (χ0v) is 16.2. The highest BCUT2D eigenvalue weighted by atomic mass is 32.2. The summed E-state index contributed by atoms with van der Waals surface area (Å²) in [5.74, 6) is -1.45. The van der Waals surface area contributed by atoms with Gasteiger partial charge in [0, 0.05) is 19.4 Å². The van der Waals surface area contributed by atoms with Crippen LogP contribution in [0.4, 0.5) is 0 Å². The first-order valence-electron chi connectivity index (χ1n) is 9.32. The minimum absolute atomic E-state index is 0.122. The fourth-order valence-corrected chi connectivity index (χ4v) is 4.96. The Morgan fingerprint density at radius 3 is 2.07 bits per heavy atom. The lowest BCUT2D eigenvalue weighted by Gasteiger charge is -2.26. The van der Waals surface area contributed by atoms with Crippen LogP contribution in [-0.2, 0) is 24.3 Å². The van der Waals surface area contributed by atoms with E-state index in [0.29, 0.717) is 10.2 Å². The van der Waals surface area contributed by atoms with Crippen LogP contribution in [0.1, 0.15) is 48.9 Å². The summed E-state index contributed by atoms with van der Waals surface area (Å²) in [4.78, 5) is 35.4. The first-order valence-corrected chi connectivity index (χ1v) is 10.8. The summed E-state index contributed by atoms with van der Waals surface area (Å²) < 4.78 is 30.6. The predicted molar refractivity (Wildman–Crippen MR) is 97.5 cm³/mol. The number of aliphatic hydroxyl groups is 1. The van der Waals surface area contributed by atoms with E-state index in [0.717, 1.165) is 25.7 Å². The van der Waals surface area contributed by atoms with Crippen molar-refractivity contribution in [2.45, 2.75) is 43.4 Å². The van der Waals surface area contributed by atoms with Crippen molar-refractivity contribution in [3.8, 4) is 0 Å². The molecule has 1 aliphatic heterocycles. The number of benzene rings is 1. The first-order chi connectivity index (χ1) is 13.3. The van der Waals surface area contributed by atoms with Gasteiger partial charge >= 0.3 is 5.97 Å². The number of nitrogens with zero attached hydrogens (tertiary/aromatic N) is 1. The van der Waals surface area contributed by atoms with Gasteiger partial charge in [-0.2, -0.15) is 4.31 Å². The van der Waals surface area contributed by atoms with E-state index in [1.807, 2.05) is 0 Å². The van der Waals surface area contributed by atoms with E-state index in [1.165, 1.54) is 24.3 Å². The minimum Gasteiger partial charge on any atom is -0.462 e. The molecule has 1 aromatic carbocycles. The second-order valence-electron chi connectivity index (χ2n) is 7.25. The Balaban J connectivity index is 1.60. The number of ether oxygens (including phenoxy) is 1. The van der Waals surface area contributed by atoms with E-state index in [4.69, 9.17) is 9.84 Å². The third-order valence-electron chi connectivity index (χ3n) is 5.31. The lowest BCUT2D eigenvalue weighted by molar-refractivity contribution is -0.132. The quantitative estimate of drug-likeness (QED) is 0.558. The molecule has 1 aromatic rings. The molecule has 0 bridgehead atoms. The molecule has 0 unspecified atom stereocenters. The highest BCUT2D eigenvalue weighted by Crippen LogP contribution is 2.29. The molecule has 1 aliphatic carbocycles. The fraction of sp³-hybridized carbons (Fsp3) is 0.526. The van der Waals surface area contributed by atoms with E-state index in [-0.39, 0.29) is 42.4 Å². The molecule has 2 fully saturated rings. The molecule has 3 rings (SSSR count). The molecule has 2 amide bonds. The lowest BCUT2D eigenvalue weighted by atomic mass is 9.83. The number of aliphatic hydroxyl groups excluding tert-OH is 1. The molecule has 9 heteroatoms. The summed E-state index contributed by atoms with van der Waals surface area (Å²) in [6, 6.07) is 5.00. The summed E-state index contributed by atoms with van der Waals surface area (Å²) in [5, 5.41) is 9.15. The van der Waals surface area contributed by atoms with Gasteiger partial charge in [0.25, 0.3) is 10.0 Å². The zero-order chi connectivity index (χ0) is 20.3. The van der Waals surface area contributed by atoms with E-state index in [2.05, 4.69) is 0 Å². The normalized spacial score (nSPS) is 23.1. The number of sulfonamides is 1. The van der Waals surface area contributed by atoms with Gasteiger partial charge in [-0.3, -0.25) is 9.59 Å². The van der Waals surface area contributed by atoms with Crippen LogP contribution in [0.2, 0.25) is 0 Å². The molecule has 2 aliphatic rings. The van der Waals surface area contributed by atoms with Gasteiger partial charge in [-0.1, -0.05) is 0 Å². The zero-order valence-electron chi connectivity index (χ0n) is 15.4. The van der Waals surface area contributed by atoms with Crippen molar-refractivity contribution < 1.29 is 32.6 Å². The van der Waals surface area contributed by atoms with E-state index in [9.17, 15) is 22.8 Å². The average molecular weight is 409 g/mol. The van der Waals surface area contributed by atoms with Crippen LogP contribution < -0.4 is 0 Å². The maximum Gasteiger partial charge on any atom is 0.338 e. The molecule has 0 aromatic heterocycles. The van der Waals surface area contributed by atoms with Gasteiger partial charge in [0.15, 0.2) is 0 Å². The maximum atomic E-state index is 12.5. The highest BCUT2D eigenvalue weighted by Gasteiger charge is 2.39. The third-order valence-corrected chi connectivity index (χ3v) is 7.06. The van der Waals surface area contributed by atoms with Crippen molar-refractivity contribution in [3.05, 3.63) is 29.8 Å². The standard InChI is InChI=1S/C19H23NO7S/c21-11-13-1-3-14(4-2-13)12-27-19(24)15-5-7-16(8-6-15)28(25,26)20-17(22)9-10-18(20)23/h5-8,13-14,21H,1-4,9-12H2. The van der Waals surface area contributed by atoms with Gasteiger partial charge in [-0.15, -0.1) is 0 Å². The van der Waals surface area contributed by atoms with Crippen LogP contribution in [0.15, 0.2) is 29.2 Å². The number of hydrogen-bond donors (Lipinski definition) is 1. The first kappa shape index (κ1) is 20.5. The van der Waals surface area contributed by atoms with Crippen LogP contribution in [0, 0.1) is 11.8 Å². The number of esters is 1. The number of amides is 2. The van der Waals surface area contributed by atoms with Crippen LogP contribution in [0.3, 0.4) is 0 Å². The third kappa shape index (κ3) is 4.25. The molecule has 8 nitrogen and oxygen atoms in total. The summed E-state index contributed by atoms with van der Waals surface area (Å²) >= 11 is 0. The smallest absolute Gasteiger partial charge is 0.338 e. The fourth-order valence-electron chi connectivity index (χ4n) is 3.55. The lowest BCUT2D eigenvalue weighted by Crippen LogP contribution is -2.35. The largest absolute Gasteiger partial charge is 0.462 e. The Bertz CT molecular complexity index is 839. The van der Waals surface area contributed by atoms with Crippen molar-refractivity contribution in [2.75, 3.05) is 13.2 Å². The summed E-state index contributed by atoms with van der Waals surface area (Å²) in [7, 11) is -4.26. The second-order valence-corrected chi connectivity index (χ2v) is 9.04. The topological polar surface area (TPSA) is 118 Å². The van der Waals surface area contributed by atoms with Gasteiger partial charge in [0.05, 0.1) is 17.1 Å². The molecule has 1 heterocycles. The second kappa shape index (κ2) is 8.40. The van der Waals surface area contributed by atoms with Crippen LogP contribution in [-0.4, -0.2) is 48.8 Å². The molecule has 1 saturated carbocycles. The van der Waals surface area contributed by atoms with Gasteiger partial charge in [0.2, 0.25) is 11.8 Å². The Kier molecular flexibility index (Phi) is 6.14. The molecule has 0 radical (unpaired) electrons. The molecule has 28 heavy (non-hydrogen) atoms. The van der Waals surface area contributed by atoms with Crippen LogP contribution in [0.5, 0.6) is 0 Å². The van der Waals surface area contributed by atoms with E-state index >= 15 is 0 Å². The Hall–Kier alpha value is -2.26. The van der Waals surface area contributed by atoms with Crippen molar-refractivity contribution in [2.24, 2.45) is 11.8 Å². The summed E-state index contributed by atoms with van der Waals surface area (Å²) in [6.07, 6.45) is 3.38. The molecule has 1 N–H and O–H groups in total. The highest BCUT2D eigenvalue weighted by molar-refractivity contribution is 7.90. The predicted octanol–water partition coefficient (Wildman–Crippen LogP) is 1.48. The number of hydrogen-bond acceptors (Lipinski definition) is 7. The van der Waals surface area contributed by atoms with Crippen LogP contribution in [0.25, 0.3) is 0 Å². The minimum atomic E-state index is -4.26. The number of carbonyl (C=O) groups is 3. The van der Waals surface area contributed by atoms with Gasteiger partial charge in [-0.25, -0.2) is 13.2 Å². The van der Waals surface area contributed by atoms with E-state index < -0.39 is 27.8 Å². The molecule has 0 atom stereocenters. The molecular formula is C19H23NO7S. The van der Waals surface area contributed by atoms with Gasteiger partial charge < -0.3 is 9.84 Å². The van der Waals surface area contributed by atoms with E-state index in [1.54, 1.807) is 0 Å². The summed E-state index contributed by atoms with van der Waals surface area (Å²) in [5.41, 5.74) is 0.196. The van der Waals surface area contributed by atoms with Gasteiger partial charge in [0.1, 0.15) is 0 Å². The van der Waals surface area contributed by atoms with Gasteiger partial charge in [-0.05, 0) is 61.8 Å². The molecule has 1 saturated heterocycles. The number of imide groups is 1. The number of carbonyl (C=O) groups excluding carboxylic acids is 3. The van der Waals surface area contributed by atoms with Crippen LogP contribution >= 0.6 is 0 Å². The maximum absolute atomic E-state index is 12.5. The Morgan fingerprint density at radius 2 is 1.54 bits per heavy atom. The molecule has 152 valence electrons. The Labute approximate surface area is 163 Å². The van der Waals surface area contributed by atoms with Crippen molar-refractivity contribution in [1.82, 2.24) is 4.31 Å². The van der Waals surface area contributed by atoms with Crippen molar-refractivity contribution >= 4 is 27.8 Å². The SMILES string of the molecule is O=C(OCC1CCC(CO)CC1)c1ccc(S(=O)(=O)N2C(=O)CCC2=O)cc1. The van der Waals surface area contributed by atoms with Crippen molar-refractivity contribution in [1.29, 1.82) is 0 Å². The summed E-state index contributed by atoms with van der Waals surface area (Å²) in [6.45, 7) is 0.476. The number of rotatable bonds is 6. The average Bonchev–Trinajstić information content (AvgIpc) is 3.05.